The number of aromatic nitrogens is 6. The van der Waals surface area contributed by atoms with E-state index in [1.807, 2.05) is 19.9 Å². The second-order valence-corrected chi connectivity index (χ2v) is 9.03. The lowest BCUT2D eigenvalue weighted by molar-refractivity contribution is 0.583. The first kappa shape index (κ1) is 21.7. The van der Waals surface area contributed by atoms with Crippen LogP contribution in [0.5, 0.6) is 0 Å². The maximum Gasteiger partial charge on any atom is 0.240 e. The van der Waals surface area contributed by atoms with E-state index in [0.29, 0.717) is 24.0 Å². The molecule has 0 fully saturated rings. The van der Waals surface area contributed by atoms with Crippen LogP contribution in [0.2, 0.25) is 0 Å². The highest BCUT2D eigenvalue weighted by atomic mass is 32.2. The Morgan fingerprint density at radius 3 is 2.44 bits per heavy atom. The van der Waals surface area contributed by atoms with Crippen molar-refractivity contribution in [3.63, 3.8) is 0 Å². The van der Waals surface area contributed by atoms with Gasteiger partial charge in [0.25, 0.3) is 0 Å². The number of nitrogens with one attached hydrogen (secondary N) is 2. The van der Waals surface area contributed by atoms with Crippen molar-refractivity contribution in [2.75, 3.05) is 18.4 Å². The van der Waals surface area contributed by atoms with E-state index in [0.717, 1.165) is 17.1 Å². The summed E-state index contributed by atoms with van der Waals surface area (Å²) < 4.78 is 31.2. The van der Waals surface area contributed by atoms with Crippen molar-refractivity contribution in [2.24, 2.45) is 0 Å². The minimum Gasteiger partial charge on any atom is -0.369 e. The number of hydrogen-bond donors (Lipinski definition) is 2. The molecule has 0 atom stereocenters. The third-order valence-electron chi connectivity index (χ3n) is 4.69. The monoisotopic (exact) mass is 452 g/mol. The number of aryl methyl sites for hydroxylation is 3. The van der Waals surface area contributed by atoms with Gasteiger partial charge in [-0.1, -0.05) is 0 Å². The number of benzene rings is 1. The van der Waals surface area contributed by atoms with E-state index in [1.165, 1.54) is 0 Å². The fraction of sp³-hybridized carbons (Fsp3) is 0.238. The van der Waals surface area contributed by atoms with Gasteiger partial charge in [0.2, 0.25) is 10.0 Å². The summed E-state index contributed by atoms with van der Waals surface area (Å²) in [5.74, 6) is 1.85. The molecule has 0 aliphatic rings. The van der Waals surface area contributed by atoms with Gasteiger partial charge in [0, 0.05) is 37.2 Å². The number of sulfonamides is 1. The topological polar surface area (TPSA) is 120 Å². The summed E-state index contributed by atoms with van der Waals surface area (Å²) in [6, 6.07) is 12.1. The molecule has 0 bridgehead atoms. The largest absolute Gasteiger partial charge is 0.369 e. The predicted molar refractivity (Wildman–Crippen MR) is 121 cm³/mol. The molecular formula is C21H24N8O2S. The van der Waals surface area contributed by atoms with Crippen molar-refractivity contribution in [1.82, 2.24) is 34.3 Å². The highest BCUT2D eigenvalue weighted by Crippen LogP contribution is 2.15. The highest BCUT2D eigenvalue weighted by Gasteiger charge is 2.14. The van der Waals surface area contributed by atoms with E-state index in [4.69, 9.17) is 0 Å². The zero-order valence-corrected chi connectivity index (χ0v) is 18.8. The molecule has 0 spiro atoms. The van der Waals surface area contributed by atoms with Gasteiger partial charge >= 0.3 is 0 Å². The van der Waals surface area contributed by atoms with Crippen molar-refractivity contribution >= 4 is 15.8 Å². The van der Waals surface area contributed by atoms with Crippen LogP contribution >= 0.6 is 0 Å². The molecule has 0 saturated heterocycles. The molecule has 32 heavy (non-hydrogen) atoms. The summed E-state index contributed by atoms with van der Waals surface area (Å²) in [6.45, 7) is 6.24. The molecule has 166 valence electrons. The van der Waals surface area contributed by atoms with Gasteiger partial charge in [-0.2, -0.15) is 10.2 Å². The Labute approximate surface area is 186 Å². The molecule has 11 heteroatoms. The summed E-state index contributed by atoms with van der Waals surface area (Å²) in [4.78, 5) is 9.01. The summed E-state index contributed by atoms with van der Waals surface area (Å²) in [6.07, 6.45) is 3.46. The average Bonchev–Trinajstić information content (AvgIpc) is 3.40. The van der Waals surface area contributed by atoms with Crippen molar-refractivity contribution in [1.29, 1.82) is 0 Å². The zero-order chi connectivity index (χ0) is 22.7. The van der Waals surface area contributed by atoms with Crippen LogP contribution in [0.1, 0.15) is 17.2 Å². The van der Waals surface area contributed by atoms with E-state index in [1.54, 1.807) is 65.1 Å². The molecule has 3 aromatic heterocycles. The van der Waals surface area contributed by atoms with Gasteiger partial charge in [-0.15, -0.1) is 0 Å². The molecule has 0 amide bonds. The lowest BCUT2D eigenvalue weighted by Gasteiger charge is -2.11. The Kier molecular flexibility index (Phi) is 6.01. The number of rotatable bonds is 8. The molecule has 0 aliphatic carbocycles. The molecule has 0 unspecified atom stereocenters. The maximum atomic E-state index is 12.6. The average molecular weight is 453 g/mol. The number of nitrogens with zero attached hydrogens (tertiary/aromatic N) is 6. The Bertz CT molecular complexity index is 1310. The Morgan fingerprint density at radius 2 is 1.78 bits per heavy atom. The summed E-state index contributed by atoms with van der Waals surface area (Å²) in [5.41, 5.74) is 2.66. The van der Waals surface area contributed by atoms with Crippen LogP contribution in [0.4, 0.5) is 5.82 Å². The van der Waals surface area contributed by atoms with Crippen molar-refractivity contribution in [3.8, 4) is 11.5 Å². The first-order chi connectivity index (χ1) is 15.3. The molecule has 4 rings (SSSR count). The van der Waals surface area contributed by atoms with Gasteiger partial charge < -0.3 is 5.32 Å². The van der Waals surface area contributed by atoms with Crippen molar-refractivity contribution < 1.29 is 8.42 Å². The van der Waals surface area contributed by atoms with Gasteiger partial charge in [-0.25, -0.2) is 32.5 Å². The third-order valence-corrected chi connectivity index (χ3v) is 6.17. The minimum atomic E-state index is -3.63. The summed E-state index contributed by atoms with van der Waals surface area (Å²) in [5, 5.41) is 11.7. The normalized spacial score (nSPS) is 11.6. The van der Waals surface area contributed by atoms with Gasteiger partial charge in [0.15, 0.2) is 5.82 Å². The first-order valence-corrected chi connectivity index (χ1v) is 11.5. The summed E-state index contributed by atoms with van der Waals surface area (Å²) in [7, 11) is -3.63. The molecule has 0 aliphatic heterocycles. The highest BCUT2D eigenvalue weighted by molar-refractivity contribution is 7.89. The lowest BCUT2D eigenvalue weighted by Crippen LogP contribution is -2.29. The summed E-state index contributed by atoms with van der Waals surface area (Å²) >= 11 is 0. The van der Waals surface area contributed by atoms with Crippen LogP contribution in [0, 0.1) is 20.8 Å². The van der Waals surface area contributed by atoms with Crippen LogP contribution in [-0.2, 0) is 10.0 Å². The van der Waals surface area contributed by atoms with Crippen LogP contribution in [0.3, 0.4) is 0 Å². The molecule has 2 N–H and O–H groups in total. The van der Waals surface area contributed by atoms with Crippen LogP contribution in [-0.4, -0.2) is 51.0 Å². The van der Waals surface area contributed by atoms with Crippen molar-refractivity contribution in [2.45, 2.75) is 25.7 Å². The van der Waals surface area contributed by atoms with E-state index in [-0.39, 0.29) is 11.4 Å². The maximum absolute atomic E-state index is 12.6. The second-order valence-electron chi connectivity index (χ2n) is 7.27. The molecule has 1 aromatic carbocycles. The SMILES string of the molecule is Cc1cc(C)n(-c2cc(NCCNS(=O)(=O)c3ccc(-n4cccn4)cc3)nc(C)n2)n1. The number of hydrogen-bond acceptors (Lipinski definition) is 7. The molecule has 0 radical (unpaired) electrons. The smallest absolute Gasteiger partial charge is 0.240 e. The lowest BCUT2D eigenvalue weighted by atomic mass is 10.3. The minimum absolute atomic E-state index is 0.193. The van der Waals surface area contributed by atoms with Crippen LogP contribution < -0.4 is 10.0 Å². The van der Waals surface area contributed by atoms with E-state index >= 15 is 0 Å². The molecular weight excluding hydrogens is 428 g/mol. The van der Waals surface area contributed by atoms with Gasteiger partial charge in [-0.3, -0.25) is 0 Å². The Morgan fingerprint density at radius 1 is 1.00 bits per heavy atom. The van der Waals surface area contributed by atoms with E-state index < -0.39 is 10.0 Å². The van der Waals surface area contributed by atoms with Gasteiger partial charge in [0.05, 0.1) is 16.3 Å². The van der Waals surface area contributed by atoms with Crippen LogP contribution in [0.15, 0.2) is 59.8 Å². The predicted octanol–water partition coefficient (Wildman–Crippen LogP) is 2.16. The molecule has 0 saturated carbocycles. The van der Waals surface area contributed by atoms with Gasteiger partial charge in [-0.05, 0) is 57.2 Å². The van der Waals surface area contributed by atoms with Gasteiger partial charge in [0.1, 0.15) is 11.6 Å². The second kappa shape index (κ2) is 8.89. The molecule has 4 aromatic rings. The Hall–Kier alpha value is -3.57. The first-order valence-electron chi connectivity index (χ1n) is 10.0. The van der Waals surface area contributed by atoms with Crippen LogP contribution in [0.25, 0.3) is 11.5 Å². The zero-order valence-electron chi connectivity index (χ0n) is 18.0. The van der Waals surface area contributed by atoms with E-state index in [9.17, 15) is 8.42 Å². The van der Waals surface area contributed by atoms with Crippen molar-refractivity contribution in [3.05, 3.63) is 72.1 Å². The molecule has 10 nitrogen and oxygen atoms in total. The number of anilines is 1. The quantitative estimate of drug-likeness (QED) is 0.393. The molecule has 3 heterocycles. The Balaban J connectivity index is 1.37. The fourth-order valence-corrected chi connectivity index (χ4v) is 4.30. The fourth-order valence-electron chi connectivity index (χ4n) is 3.27. The third kappa shape index (κ3) is 4.84. The standard InChI is InChI=1S/C21H24N8O2S/c1-15-13-16(2)29(27-15)21-14-20(25-17(3)26-21)22-10-11-24-32(30,31)19-7-5-18(6-8-19)28-12-4-9-23-28/h4-9,12-14,24H,10-11H2,1-3H3,(H,22,25,26). The van der Waals surface area contributed by atoms with E-state index in [2.05, 4.69) is 30.2 Å².